The highest BCUT2D eigenvalue weighted by Crippen LogP contribution is 2.10. The number of nitrogens with one attached hydrogen (secondary N) is 2. The first-order chi connectivity index (χ1) is 12.2. The topological polar surface area (TPSA) is 170 Å². The van der Waals surface area contributed by atoms with Crippen LogP contribution in [0.5, 0.6) is 0 Å². The standard InChI is InChI=1S/C15H29N5O6/c1-5-9(20(4)15(17)18)12(22)26-14(11(16)13(23)24-7-3)25-10(21)8-19-6-2/h9,11,14,19H,5-8,16H2,1-4H3,(H3,17,18). The van der Waals surface area contributed by atoms with Crippen molar-refractivity contribution in [1.29, 1.82) is 5.41 Å². The van der Waals surface area contributed by atoms with Gasteiger partial charge in [-0.3, -0.25) is 15.0 Å². The van der Waals surface area contributed by atoms with E-state index >= 15 is 0 Å². The van der Waals surface area contributed by atoms with E-state index in [-0.39, 0.29) is 25.5 Å². The average Bonchev–Trinajstić information content (AvgIpc) is 2.59. The molecule has 0 bridgehead atoms. The van der Waals surface area contributed by atoms with Crippen LogP contribution in [0.15, 0.2) is 0 Å². The van der Waals surface area contributed by atoms with E-state index in [2.05, 4.69) is 5.32 Å². The summed E-state index contributed by atoms with van der Waals surface area (Å²) in [5, 5.41) is 10.2. The minimum Gasteiger partial charge on any atom is -0.465 e. The number of hydrogen-bond acceptors (Lipinski definition) is 9. The van der Waals surface area contributed by atoms with Gasteiger partial charge in [0.05, 0.1) is 13.2 Å². The van der Waals surface area contributed by atoms with Crippen LogP contribution >= 0.6 is 0 Å². The monoisotopic (exact) mass is 375 g/mol. The van der Waals surface area contributed by atoms with Crippen molar-refractivity contribution in [2.24, 2.45) is 11.5 Å². The van der Waals surface area contributed by atoms with E-state index in [1.165, 1.54) is 11.9 Å². The summed E-state index contributed by atoms with van der Waals surface area (Å²) in [6.07, 6.45) is -1.40. The zero-order valence-electron chi connectivity index (χ0n) is 15.6. The van der Waals surface area contributed by atoms with Crippen molar-refractivity contribution in [3.05, 3.63) is 0 Å². The van der Waals surface area contributed by atoms with Crippen LogP contribution in [-0.2, 0) is 28.6 Å². The summed E-state index contributed by atoms with van der Waals surface area (Å²) in [7, 11) is 1.44. The molecule has 3 atom stereocenters. The van der Waals surface area contributed by atoms with E-state index in [1.807, 2.05) is 0 Å². The average molecular weight is 375 g/mol. The number of likely N-dealkylation sites (N-methyl/N-ethyl adjacent to an activating group) is 2. The molecule has 0 amide bonds. The molecule has 3 unspecified atom stereocenters. The van der Waals surface area contributed by atoms with Crippen LogP contribution in [0.2, 0.25) is 0 Å². The van der Waals surface area contributed by atoms with Crippen molar-refractivity contribution in [2.75, 3.05) is 26.7 Å². The first-order valence-electron chi connectivity index (χ1n) is 8.29. The molecule has 6 N–H and O–H groups in total. The first kappa shape index (κ1) is 23.6. The zero-order chi connectivity index (χ0) is 20.3. The van der Waals surface area contributed by atoms with E-state index < -0.39 is 36.3 Å². The molecule has 0 fully saturated rings. The van der Waals surface area contributed by atoms with E-state index in [0.29, 0.717) is 6.54 Å². The second-order valence-electron chi connectivity index (χ2n) is 5.27. The van der Waals surface area contributed by atoms with Crippen molar-refractivity contribution in [3.8, 4) is 0 Å². The van der Waals surface area contributed by atoms with E-state index in [4.69, 9.17) is 31.1 Å². The molecule has 0 aliphatic rings. The van der Waals surface area contributed by atoms with Crippen LogP contribution in [0.4, 0.5) is 0 Å². The van der Waals surface area contributed by atoms with Gasteiger partial charge in [0, 0.05) is 7.05 Å². The summed E-state index contributed by atoms with van der Waals surface area (Å²) < 4.78 is 14.9. The van der Waals surface area contributed by atoms with Gasteiger partial charge < -0.3 is 35.9 Å². The lowest BCUT2D eigenvalue weighted by atomic mass is 10.2. The maximum absolute atomic E-state index is 12.4. The fourth-order valence-electron chi connectivity index (χ4n) is 1.88. The third-order valence-corrected chi connectivity index (χ3v) is 3.36. The van der Waals surface area contributed by atoms with Gasteiger partial charge >= 0.3 is 17.9 Å². The lowest BCUT2D eigenvalue weighted by Crippen LogP contribution is -2.52. The molecule has 0 heterocycles. The smallest absolute Gasteiger partial charge is 0.331 e. The zero-order valence-corrected chi connectivity index (χ0v) is 15.6. The van der Waals surface area contributed by atoms with E-state index in [1.54, 1.807) is 20.8 Å². The van der Waals surface area contributed by atoms with Gasteiger partial charge in [0.2, 0.25) is 0 Å². The third kappa shape index (κ3) is 7.66. The van der Waals surface area contributed by atoms with Gasteiger partial charge in [-0.1, -0.05) is 13.8 Å². The Balaban J connectivity index is 5.24. The molecule has 0 aromatic heterocycles. The molecule has 0 aliphatic carbocycles. The van der Waals surface area contributed by atoms with Crippen molar-refractivity contribution < 1.29 is 28.6 Å². The summed E-state index contributed by atoms with van der Waals surface area (Å²) >= 11 is 0. The Morgan fingerprint density at radius 2 is 1.77 bits per heavy atom. The number of nitrogens with two attached hydrogens (primary N) is 2. The maximum Gasteiger partial charge on any atom is 0.331 e. The number of guanidine groups is 1. The maximum atomic E-state index is 12.4. The highest BCUT2D eigenvalue weighted by molar-refractivity contribution is 5.84. The molecule has 0 radical (unpaired) electrons. The fraction of sp³-hybridized carbons (Fsp3) is 0.733. The molecule has 11 heteroatoms. The van der Waals surface area contributed by atoms with E-state index in [0.717, 1.165) is 0 Å². The van der Waals surface area contributed by atoms with Gasteiger partial charge in [-0.05, 0) is 19.9 Å². The first-order valence-corrected chi connectivity index (χ1v) is 8.29. The Hall–Kier alpha value is -2.40. The summed E-state index contributed by atoms with van der Waals surface area (Å²) in [6.45, 7) is 5.48. The van der Waals surface area contributed by atoms with E-state index in [9.17, 15) is 14.4 Å². The van der Waals surface area contributed by atoms with Crippen molar-refractivity contribution in [3.63, 3.8) is 0 Å². The van der Waals surface area contributed by atoms with Crippen LogP contribution in [0.3, 0.4) is 0 Å². The highest BCUT2D eigenvalue weighted by Gasteiger charge is 2.35. The second kappa shape index (κ2) is 12.0. The van der Waals surface area contributed by atoms with Crippen LogP contribution < -0.4 is 16.8 Å². The van der Waals surface area contributed by atoms with Crippen LogP contribution in [0.1, 0.15) is 27.2 Å². The Morgan fingerprint density at radius 1 is 1.15 bits per heavy atom. The normalized spacial score (nSPS) is 13.9. The number of carbonyl (C=O) groups is 3. The molecule has 11 nitrogen and oxygen atoms in total. The Bertz CT molecular complexity index is 501. The van der Waals surface area contributed by atoms with Gasteiger partial charge in [0.1, 0.15) is 6.04 Å². The molecule has 0 saturated carbocycles. The molecule has 0 spiro atoms. The molecule has 0 aliphatic heterocycles. The summed E-state index contributed by atoms with van der Waals surface area (Å²) in [5.41, 5.74) is 11.1. The molecule has 0 aromatic carbocycles. The number of nitrogens with zero attached hydrogens (tertiary/aromatic N) is 1. The van der Waals surface area contributed by atoms with Crippen molar-refractivity contribution in [2.45, 2.75) is 45.6 Å². The van der Waals surface area contributed by atoms with Crippen molar-refractivity contribution >= 4 is 23.9 Å². The third-order valence-electron chi connectivity index (χ3n) is 3.36. The molecule has 0 aromatic rings. The largest absolute Gasteiger partial charge is 0.465 e. The minimum atomic E-state index is -1.66. The number of ether oxygens (including phenoxy) is 3. The fourth-order valence-corrected chi connectivity index (χ4v) is 1.88. The lowest BCUT2D eigenvalue weighted by molar-refractivity contribution is -0.197. The van der Waals surface area contributed by atoms with Crippen LogP contribution in [0.25, 0.3) is 0 Å². The molecular weight excluding hydrogens is 346 g/mol. The SMILES string of the molecule is CCNCC(=O)OC(OC(=O)C(CC)N(C)C(=N)N)C(N)C(=O)OCC. The predicted octanol–water partition coefficient (Wildman–Crippen LogP) is -1.50. The van der Waals surface area contributed by atoms with Gasteiger partial charge in [-0.25, -0.2) is 4.79 Å². The second-order valence-corrected chi connectivity index (χ2v) is 5.27. The van der Waals surface area contributed by atoms with Crippen LogP contribution in [-0.4, -0.2) is 73.9 Å². The minimum absolute atomic E-state index is 0.0587. The number of rotatable bonds is 11. The molecule has 150 valence electrons. The quantitative estimate of drug-likeness (QED) is 0.144. The summed E-state index contributed by atoms with van der Waals surface area (Å²) in [6, 6.07) is -2.42. The van der Waals surface area contributed by atoms with Gasteiger partial charge in [-0.2, -0.15) is 0 Å². The Kier molecular flexibility index (Phi) is 10.9. The van der Waals surface area contributed by atoms with Crippen molar-refractivity contribution in [1.82, 2.24) is 10.2 Å². The van der Waals surface area contributed by atoms with Gasteiger partial charge in [0.15, 0.2) is 12.0 Å². The molecular formula is C15H29N5O6. The molecule has 0 rings (SSSR count). The number of esters is 3. The van der Waals surface area contributed by atoms with Gasteiger partial charge in [-0.15, -0.1) is 0 Å². The molecule has 26 heavy (non-hydrogen) atoms. The molecule has 0 saturated heterocycles. The summed E-state index contributed by atoms with van der Waals surface area (Å²) in [4.78, 5) is 37.2. The highest BCUT2D eigenvalue weighted by atomic mass is 16.7. The predicted molar refractivity (Wildman–Crippen MR) is 92.9 cm³/mol. The number of hydrogen-bond donors (Lipinski definition) is 4. The lowest BCUT2D eigenvalue weighted by Gasteiger charge is -2.28. The Labute approximate surface area is 152 Å². The summed E-state index contributed by atoms with van der Waals surface area (Å²) in [5.74, 6) is -2.82. The van der Waals surface area contributed by atoms with Crippen LogP contribution in [0, 0.1) is 5.41 Å². The number of carbonyl (C=O) groups excluding carboxylic acids is 3. The van der Waals surface area contributed by atoms with Gasteiger partial charge in [0.25, 0.3) is 6.29 Å². The Morgan fingerprint density at radius 3 is 2.23 bits per heavy atom.